The molecule has 5 rings (SSSR count). The Morgan fingerprint density at radius 2 is 1.63 bits per heavy atom. The number of halogens is 3. The van der Waals surface area contributed by atoms with E-state index in [4.69, 9.17) is 0 Å². The third-order valence-electron chi connectivity index (χ3n) is 8.83. The van der Waals surface area contributed by atoms with Crippen LogP contribution < -0.4 is 5.32 Å². The molecule has 2 aromatic rings. The van der Waals surface area contributed by atoms with Gasteiger partial charge in [-0.25, -0.2) is 17.5 Å². The fraction of sp³-hybridized carbons (Fsp3) is 0.484. The number of benzene rings is 2. The van der Waals surface area contributed by atoms with Crippen LogP contribution in [0.4, 0.5) is 18.0 Å². The lowest BCUT2D eigenvalue weighted by Gasteiger charge is -2.36. The van der Waals surface area contributed by atoms with E-state index in [0.29, 0.717) is 31.7 Å². The summed E-state index contributed by atoms with van der Waals surface area (Å²) in [6.45, 7) is 3.68. The number of rotatable bonds is 6. The van der Waals surface area contributed by atoms with Crippen molar-refractivity contribution < 1.29 is 36.0 Å². The number of nitrogens with zero attached hydrogens (tertiary/aromatic N) is 5. The molecule has 248 valence electrons. The van der Waals surface area contributed by atoms with Crippen LogP contribution in [0.1, 0.15) is 45.5 Å². The lowest BCUT2D eigenvalue weighted by molar-refractivity contribution is -0.137. The van der Waals surface area contributed by atoms with Crippen molar-refractivity contribution in [3.63, 3.8) is 0 Å². The number of hydrogen-bond acceptors (Lipinski definition) is 6. The summed E-state index contributed by atoms with van der Waals surface area (Å²) < 4.78 is 67.4. The smallest absolute Gasteiger partial charge is 0.335 e. The number of hydrogen-bond donors (Lipinski definition) is 1. The number of amidine groups is 1. The monoisotopic (exact) mass is 662 g/mol. The summed E-state index contributed by atoms with van der Waals surface area (Å²) in [5.41, 5.74) is 0.131. The average Bonchev–Trinajstić information content (AvgIpc) is 3.34. The summed E-state index contributed by atoms with van der Waals surface area (Å²) in [4.78, 5) is 47.6. The zero-order chi connectivity index (χ0) is 33.4. The second kappa shape index (κ2) is 12.7. The van der Waals surface area contributed by atoms with Crippen LogP contribution >= 0.6 is 0 Å². The van der Waals surface area contributed by atoms with E-state index >= 15 is 0 Å². The summed E-state index contributed by atoms with van der Waals surface area (Å²) in [6, 6.07) is 9.68. The van der Waals surface area contributed by atoms with Gasteiger partial charge in [-0.3, -0.25) is 14.6 Å². The predicted octanol–water partition coefficient (Wildman–Crippen LogP) is 2.74. The lowest BCUT2D eigenvalue weighted by Crippen LogP contribution is -2.52. The zero-order valence-corrected chi connectivity index (χ0v) is 26.7. The molecule has 15 heteroatoms. The minimum Gasteiger partial charge on any atom is -0.335 e. The number of sulfonamides is 1. The highest BCUT2D eigenvalue weighted by molar-refractivity contribution is 7.89. The molecule has 4 amide bonds. The predicted molar refractivity (Wildman–Crippen MR) is 165 cm³/mol. The zero-order valence-electron chi connectivity index (χ0n) is 25.9. The van der Waals surface area contributed by atoms with Crippen LogP contribution in [0.25, 0.3) is 0 Å². The molecule has 11 nitrogen and oxygen atoms in total. The maximum absolute atomic E-state index is 13.3. The molecule has 3 aliphatic heterocycles. The van der Waals surface area contributed by atoms with Gasteiger partial charge < -0.3 is 20.0 Å². The van der Waals surface area contributed by atoms with Crippen LogP contribution in [-0.2, 0) is 27.4 Å². The Morgan fingerprint density at radius 3 is 2.24 bits per heavy atom. The highest BCUT2D eigenvalue weighted by Gasteiger charge is 2.47. The van der Waals surface area contributed by atoms with Gasteiger partial charge in [0.2, 0.25) is 10.0 Å². The first kappa shape index (κ1) is 33.4. The summed E-state index contributed by atoms with van der Waals surface area (Å²) in [5, 5.41) is 2.59. The molecule has 0 saturated carbocycles. The first-order valence-electron chi connectivity index (χ1n) is 15.0. The summed E-state index contributed by atoms with van der Waals surface area (Å²) in [6.07, 6.45) is -4.10. The second-order valence-corrected chi connectivity index (χ2v) is 14.2. The first-order valence-corrected chi connectivity index (χ1v) is 16.6. The number of aliphatic imine (C=N–C) groups is 1. The van der Waals surface area contributed by atoms with Gasteiger partial charge in [-0.15, -0.1) is 0 Å². The summed E-state index contributed by atoms with van der Waals surface area (Å²) in [5.74, 6) is -0.713. The molecule has 0 bridgehead atoms. The number of alkyl halides is 3. The van der Waals surface area contributed by atoms with E-state index in [9.17, 15) is 36.0 Å². The van der Waals surface area contributed by atoms with E-state index in [-0.39, 0.29) is 61.4 Å². The summed E-state index contributed by atoms with van der Waals surface area (Å²) in [7, 11) is -0.320. The van der Waals surface area contributed by atoms with Gasteiger partial charge in [-0.2, -0.15) is 13.2 Å². The number of urea groups is 1. The van der Waals surface area contributed by atoms with Crippen molar-refractivity contribution in [1.82, 2.24) is 24.3 Å². The molecule has 0 aromatic heterocycles. The standard InChI is InChI=1S/C31H37F3N6O5S/c1-21-19-24(27(41)38-14-16-39(17-15-38)29(43)37(2)3)8-7-22(21)9-18-46(44,45)40-12-10-30(11-13-40)28(42)35-26(36-30)23-5-4-6-25(20-23)31(32,33)34/h4-8,19-20H,9-18H2,1-3H3,(H,35,36,42). The van der Waals surface area contributed by atoms with Crippen molar-refractivity contribution in [3.05, 3.63) is 70.3 Å². The largest absolute Gasteiger partial charge is 0.416 e. The van der Waals surface area contributed by atoms with Gasteiger partial charge in [0.15, 0.2) is 0 Å². The van der Waals surface area contributed by atoms with Crippen molar-refractivity contribution in [2.24, 2.45) is 4.99 Å². The number of aryl methyl sites for hydroxylation is 2. The van der Waals surface area contributed by atoms with Gasteiger partial charge in [-0.05, 0) is 61.6 Å². The molecular weight excluding hydrogens is 625 g/mol. The second-order valence-electron chi connectivity index (χ2n) is 12.1. The average molecular weight is 663 g/mol. The van der Waals surface area contributed by atoms with E-state index in [1.165, 1.54) is 21.3 Å². The molecule has 2 fully saturated rings. The van der Waals surface area contributed by atoms with E-state index in [2.05, 4.69) is 10.3 Å². The molecule has 0 radical (unpaired) electrons. The molecular formula is C31H37F3N6O5S. The van der Waals surface area contributed by atoms with E-state index < -0.39 is 33.2 Å². The molecule has 46 heavy (non-hydrogen) atoms. The molecule has 1 N–H and O–H groups in total. The molecule has 0 aliphatic carbocycles. The molecule has 3 heterocycles. The first-order chi connectivity index (χ1) is 21.6. The third-order valence-corrected chi connectivity index (χ3v) is 10.7. The van der Waals surface area contributed by atoms with Gasteiger partial charge >= 0.3 is 12.2 Å². The van der Waals surface area contributed by atoms with E-state index in [1.54, 1.807) is 42.1 Å². The minimum atomic E-state index is -4.54. The molecule has 0 unspecified atom stereocenters. The highest BCUT2D eigenvalue weighted by Crippen LogP contribution is 2.34. The number of nitrogens with one attached hydrogen (secondary N) is 1. The third kappa shape index (κ3) is 6.89. The van der Waals surface area contributed by atoms with Crippen molar-refractivity contribution in [3.8, 4) is 0 Å². The summed E-state index contributed by atoms with van der Waals surface area (Å²) >= 11 is 0. The quantitative estimate of drug-likeness (QED) is 0.510. The van der Waals surface area contributed by atoms with Gasteiger partial charge in [0.1, 0.15) is 11.4 Å². The normalized spacial score (nSPS) is 18.8. The van der Waals surface area contributed by atoms with Gasteiger partial charge in [-0.1, -0.05) is 18.2 Å². The van der Waals surface area contributed by atoms with Gasteiger partial charge in [0.25, 0.3) is 11.8 Å². The Bertz CT molecular complexity index is 1660. The molecule has 0 atom stereocenters. The number of amides is 4. The molecule has 1 spiro atoms. The number of piperidine rings is 1. The lowest BCUT2D eigenvalue weighted by atomic mass is 9.89. The Balaban J connectivity index is 1.17. The topological polar surface area (TPSA) is 123 Å². The molecule has 3 aliphatic rings. The van der Waals surface area contributed by atoms with Crippen LogP contribution in [-0.4, -0.2) is 116 Å². The van der Waals surface area contributed by atoms with Gasteiger partial charge in [0.05, 0.1) is 11.3 Å². The van der Waals surface area contributed by atoms with Crippen molar-refractivity contribution in [1.29, 1.82) is 0 Å². The SMILES string of the molecule is Cc1cc(C(=O)N2CCN(C(=O)N(C)C)CC2)ccc1CCS(=O)(=O)N1CCC2(CC1)N=C(c1cccc(C(F)(F)F)c1)NC2=O. The number of piperazine rings is 1. The van der Waals surface area contributed by atoms with Crippen LogP contribution in [0.5, 0.6) is 0 Å². The van der Waals surface area contributed by atoms with Crippen molar-refractivity contribution in [2.75, 3.05) is 59.1 Å². The van der Waals surface area contributed by atoms with E-state index in [0.717, 1.165) is 23.3 Å². The molecule has 2 aromatic carbocycles. The van der Waals surface area contributed by atoms with Crippen molar-refractivity contribution >= 4 is 33.7 Å². The number of carbonyl (C=O) groups is 3. The fourth-order valence-electron chi connectivity index (χ4n) is 6.01. The van der Waals surface area contributed by atoms with Crippen molar-refractivity contribution in [2.45, 2.75) is 37.9 Å². The minimum absolute atomic E-state index is 0.0477. The Morgan fingerprint density at radius 1 is 0.978 bits per heavy atom. The van der Waals surface area contributed by atoms with Gasteiger partial charge in [0, 0.05) is 64.5 Å². The van der Waals surface area contributed by atoms with Crippen LogP contribution in [0.3, 0.4) is 0 Å². The maximum Gasteiger partial charge on any atom is 0.416 e. The fourth-order valence-corrected chi connectivity index (χ4v) is 7.49. The highest BCUT2D eigenvalue weighted by atomic mass is 32.2. The maximum atomic E-state index is 13.3. The Hall–Kier alpha value is -3.98. The Kier molecular flexibility index (Phi) is 9.19. The van der Waals surface area contributed by atoms with Crippen LogP contribution in [0, 0.1) is 6.92 Å². The van der Waals surface area contributed by atoms with E-state index in [1.807, 2.05) is 6.92 Å². The Labute approximate surface area is 266 Å². The number of carbonyl (C=O) groups excluding carboxylic acids is 3. The molecule has 2 saturated heterocycles. The van der Waals surface area contributed by atoms with Crippen LogP contribution in [0.15, 0.2) is 47.5 Å². The van der Waals surface area contributed by atoms with Crippen LogP contribution in [0.2, 0.25) is 0 Å².